The third-order valence-corrected chi connectivity index (χ3v) is 4.92. The van der Waals surface area contributed by atoms with E-state index in [1.165, 1.54) is 18.2 Å². The predicted molar refractivity (Wildman–Crippen MR) is 113 cm³/mol. The summed E-state index contributed by atoms with van der Waals surface area (Å²) in [5.74, 6) is 0.391. The minimum Gasteiger partial charge on any atom is -0.457 e. The Balaban J connectivity index is 1.71. The van der Waals surface area contributed by atoms with Crippen LogP contribution in [0.4, 0.5) is 11.4 Å². The van der Waals surface area contributed by atoms with Crippen molar-refractivity contribution in [3.63, 3.8) is 0 Å². The first-order valence-corrected chi connectivity index (χ1v) is 9.69. The lowest BCUT2D eigenvalue weighted by atomic mass is 10.2. The summed E-state index contributed by atoms with van der Waals surface area (Å²) >= 11 is 9.22. The van der Waals surface area contributed by atoms with Crippen molar-refractivity contribution in [2.24, 2.45) is 0 Å². The number of carbonyl (C=O) groups excluding carboxylic acids is 1. The second kappa shape index (κ2) is 9.06. The number of anilines is 1. The Morgan fingerprint density at radius 2 is 2.00 bits per heavy atom. The van der Waals surface area contributed by atoms with Gasteiger partial charge in [0.2, 0.25) is 5.91 Å². The van der Waals surface area contributed by atoms with Crippen LogP contribution in [-0.4, -0.2) is 20.6 Å². The van der Waals surface area contributed by atoms with Crippen LogP contribution in [0.1, 0.15) is 12.1 Å². The van der Waals surface area contributed by atoms with E-state index < -0.39 is 4.92 Å². The van der Waals surface area contributed by atoms with Crippen molar-refractivity contribution in [2.45, 2.75) is 19.9 Å². The number of nitrogens with one attached hydrogen (secondary N) is 1. The Hall–Kier alpha value is -2.91. The Morgan fingerprint density at radius 3 is 2.62 bits per heavy atom. The normalized spacial score (nSPS) is 10.6. The molecule has 0 radical (unpaired) electrons. The summed E-state index contributed by atoms with van der Waals surface area (Å²) in [5.41, 5.74) is 0.900. The molecule has 1 heterocycles. The molecule has 2 aromatic carbocycles. The first-order valence-electron chi connectivity index (χ1n) is 8.52. The summed E-state index contributed by atoms with van der Waals surface area (Å²) in [6, 6.07) is 10.7. The zero-order valence-electron chi connectivity index (χ0n) is 15.3. The fraction of sp³-hybridized carbons (Fsp3) is 0.158. The Labute approximate surface area is 179 Å². The third-order valence-electron chi connectivity index (χ3n) is 3.89. The van der Waals surface area contributed by atoms with Crippen molar-refractivity contribution in [3.05, 3.63) is 74.0 Å². The maximum absolute atomic E-state index is 12.3. The van der Waals surface area contributed by atoms with Crippen LogP contribution in [0, 0.1) is 17.0 Å². The molecule has 0 saturated carbocycles. The van der Waals surface area contributed by atoms with Gasteiger partial charge in [0.25, 0.3) is 5.69 Å². The molecule has 0 fully saturated rings. The van der Waals surface area contributed by atoms with Crippen molar-refractivity contribution >= 4 is 44.8 Å². The molecule has 1 amide bonds. The van der Waals surface area contributed by atoms with Gasteiger partial charge in [-0.25, -0.2) is 0 Å². The number of halogens is 2. The molecular formula is C19H16BrClN4O4. The van der Waals surface area contributed by atoms with E-state index in [2.05, 4.69) is 26.3 Å². The Morgan fingerprint density at radius 1 is 1.28 bits per heavy atom. The van der Waals surface area contributed by atoms with Crippen molar-refractivity contribution < 1.29 is 14.5 Å². The summed E-state index contributed by atoms with van der Waals surface area (Å²) in [4.78, 5) is 23.0. The Kier molecular flexibility index (Phi) is 6.50. The lowest BCUT2D eigenvalue weighted by Crippen LogP contribution is -2.15. The number of ether oxygens (including phenoxy) is 1. The van der Waals surface area contributed by atoms with Crippen LogP contribution >= 0.6 is 27.5 Å². The standard InChI is InChI=1S/C19H16BrClN4O4/c1-12-18(20)11-24(23-12)7-6-19(26)22-14-8-15(25(27)28)10-17(9-14)29-16-4-2-13(21)3-5-16/h2-5,8-11H,6-7H2,1H3,(H,22,26). The number of benzene rings is 2. The maximum Gasteiger partial charge on any atom is 0.275 e. The molecule has 1 N–H and O–H groups in total. The number of non-ortho nitro benzene ring substituents is 1. The summed E-state index contributed by atoms with van der Waals surface area (Å²) in [5, 5.41) is 18.7. The highest BCUT2D eigenvalue weighted by molar-refractivity contribution is 9.10. The first-order chi connectivity index (χ1) is 13.8. The van der Waals surface area contributed by atoms with Gasteiger partial charge in [-0.15, -0.1) is 0 Å². The van der Waals surface area contributed by atoms with Gasteiger partial charge < -0.3 is 10.1 Å². The van der Waals surface area contributed by atoms with Gasteiger partial charge in [0, 0.05) is 36.3 Å². The van der Waals surface area contributed by atoms with Crippen molar-refractivity contribution in [1.29, 1.82) is 0 Å². The molecule has 0 spiro atoms. The van der Waals surface area contributed by atoms with Crippen LogP contribution in [0.5, 0.6) is 11.5 Å². The third kappa shape index (κ3) is 5.78. The van der Waals surface area contributed by atoms with Crippen molar-refractivity contribution in [2.75, 3.05) is 5.32 Å². The molecule has 0 unspecified atom stereocenters. The highest BCUT2D eigenvalue weighted by atomic mass is 79.9. The minimum atomic E-state index is -0.547. The molecule has 3 rings (SSSR count). The van der Waals surface area contributed by atoms with Crippen LogP contribution in [0.25, 0.3) is 0 Å². The van der Waals surface area contributed by atoms with Gasteiger partial charge in [-0.3, -0.25) is 19.6 Å². The number of nitro groups is 1. The number of rotatable bonds is 7. The quantitative estimate of drug-likeness (QED) is 0.364. The average Bonchev–Trinajstić information content (AvgIpc) is 2.99. The first kappa shape index (κ1) is 20.8. The van der Waals surface area contributed by atoms with E-state index in [0.717, 1.165) is 10.2 Å². The van der Waals surface area contributed by atoms with Gasteiger partial charge >= 0.3 is 0 Å². The number of amides is 1. The van der Waals surface area contributed by atoms with Gasteiger partial charge in [0.15, 0.2) is 0 Å². The zero-order valence-corrected chi connectivity index (χ0v) is 17.6. The molecule has 29 heavy (non-hydrogen) atoms. The number of nitrogens with zero attached hydrogens (tertiary/aromatic N) is 3. The van der Waals surface area contributed by atoms with Gasteiger partial charge in [0.05, 0.1) is 26.8 Å². The molecule has 0 aliphatic rings. The van der Waals surface area contributed by atoms with E-state index in [1.54, 1.807) is 35.1 Å². The molecule has 3 aromatic rings. The van der Waals surface area contributed by atoms with E-state index in [-0.39, 0.29) is 29.5 Å². The second-order valence-electron chi connectivity index (χ2n) is 6.15. The van der Waals surface area contributed by atoms with Gasteiger partial charge in [-0.05, 0) is 47.1 Å². The molecule has 0 aliphatic heterocycles. The number of aryl methyl sites for hydroxylation is 2. The topological polar surface area (TPSA) is 99.3 Å². The highest BCUT2D eigenvalue weighted by Gasteiger charge is 2.14. The monoisotopic (exact) mass is 478 g/mol. The molecule has 1 aromatic heterocycles. The Bertz CT molecular complexity index is 1030. The van der Waals surface area contributed by atoms with Crippen LogP contribution in [0.3, 0.4) is 0 Å². The molecule has 0 aliphatic carbocycles. The van der Waals surface area contributed by atoms with E-state index >= 15 is 0 Å². The SMILES string of the molecule is Cc1nn(CCC(=O)Nc2cc(Oc3ccc(Cl)cc3)cc([N+](=O)[O-])c2)cc1Br. The second-order valence-corrected chi connectivity index (χ2v) is 7.44. The van der Waals surface area contributed by atoms with Crippen LogP contribution < -0.4 is 10.1 Å². The van der Waals surface area contributed by atoms with Gasteiger partial charge in [-0.1, -0.05) is 11.6 Å². The van der Waals surface area contributed by atoms with E-state index in [1.807, 2.05) is 6.92 Å². The number of carbonyl (C=O) groups is 1. The number of nitro benzene ring substituents is 1. The van der Waals surface area contributed by atoms with E-state index in [9.17, 15) is 14.9 Å². The molecule has 0 bridgehead atoms. The van der Waals surface area contributed by atoms with Crippen LogP contribution in [0.2, 0.25) is 5.02 Å². The smallest absolute Gasteiger partial charge is 0.275 e. The van der Waals surface area contributed by atoms with Gasteiger partial charge in [-0.2, -0.15) is 5.10 Å². The van der Waals surface area contributed by atoms with Crippen LogP contribution in [0.15, 0.2) is 53.1 Å². The predicted octanol–water partition coefficient (Wildman–Crippen LogP) is 5.34. The lowest BCUT2D eigenvalue weighted by Gasteiger charge is -2.10. The maximum atomic E-state index is 12.3. The fourth-order valence-electron chi connectivity index (χ4n) is 2.51. The number of aromatic nitrogens is 2. The van der Waals surface area contributed by atoms with Crippen molar-refractivity contribution in [3.8, 4) is 11.5 Å². The average molecular weight is 480 g/mol. The van der Waals surface area contributed by atoms with E-state index in [4.69, 9.17) is 16.3 Å². The van der Waals surface area contributed by atoms with Crippen molar-refractivity contribution in [1.82, 2.24) is 9.78 Å². The summed E-state index contributed by atoms with van der Waals surface area (Å²) in [7, 11) is 0. The number of hydrogen-bond acceptors (Lipinski definition) is 5. The highest BCUT2D eigenvalue weighted by Crippen LogP contribution is 2.30. The minimum absolute atomic E-state index is 0.156. The zero-order chi connectivity index (χ0) is 21.0. The molecule has 8 nitrogen and oxygen atoms in total. The molecule has 0 saturated heterocycles. The summed E-state index contributed by atoms with van der Waals surface area (Å²) in [6.07, 6.45) is 1.94. The molecule has 10 heteroatoms. The largest absolute Gasteiger partial charge is 0.457 e. The fourth-order valence-corrected chi connectivity index (χ4v) is 2.95. The molecule has 150 valence electrons. The van der Waals surface area contributed by atoms with E-state index in [0.29, 0.717) is 17.3 Å². The van der Waals surface area contributed by atoms with Crippen LogP contribution in [-0.2, 0) is 11.3 Å². The lowest BCUT2D eigenvalue weighted by molar-refractivity contribution is -0.384. The number of hydrogen-bond donors (Lipinski definition) is 1. The summed E-state index contributed by atoms with van der Waals surface area (Å²) < 4.78 is 8.17. The van der Waals surface area contributed by atoms with Gasteiger partial charge in [0.1, 0.15) is 11.5 Å². The summed E-state index contributed by atoms with van der Waals surface area (Å²) in [6.45, 7) is 2.23. The molecular weight excluding hydrogens is 464 g/mol. The molecule has 0 atom stereocenters.